The van der Waals surface area contributed by atoms with Crippen LogP contribution in [0.5, 0.6) is 5.19 Å². The Morgan fingerprint density at radius 1 is 1.20 bits per heavy atom. The van der Waals surface area contributed by atoms with Crippen molar-refractivity contribution in [2.24, 2.45) is 0 Å². The Labute approximate surface area is 185 Å². The number of hydrogen-bond donors (Lipinski definition) is 0. The zero-order valence-corrected chi connectivity index (χ0v) is 18.5. The van der Waals surface area contributed by atoms with Crippen LogP contribution < -0.4 is 4.74 Å². The quantitative estimate of drug-likeness (QED) is 0.653. The molecule has 0 atom stereocenters. The molecule has 0 spiro atoms. The van der Waals surface area contributed by atoms with E-state index >= 15 is 0 Å². The van der Waals surface area contributed by atoms with E-state index < -0.39 is 5.82 Å². The van der Waals surface area contributed by atoms with E-state index in [0.29, 0.717) is 18.9 Å². The lowest BCUT2D eigenvalue weighted by Gasteiger charge is -2.41. The Balaban J connectivity index is 1.17. The number of hydrogen-bond acceptors (Lipinski definition) is 5. The molecule has 2 aromatic rings. The molecule has 5 nitrogen and oxygen atoms in total. The van der Waals surface area contributed by atoms with Crippen LogP contribution in [0.1, 0.15) is 37.7 Å². The minimum absolute atomic E-state index is 0.113. The molecule has 8 heteroatoms. The highest BCUT2D eigenvalue weighted by Gasteiger charge is 2.30. The van der Waals surface area contributed by atoms with Crippen molar-refractivity contribution in [1.29, 1.82) is 0 Å². The number of amides is 1. The summed E-state index contributed by atoms with van der Waals surface area (Å²) in [6.45, 7) is 3.70. The molecule has 0 aliphatic carbocycles. The molecule has 0 saturated carbocycles. The van der Waals surface area contributed by atoms with Crippen LogP contribution in [-0.4, -0.2) is 59.0 Å². The van der Waals surface area contributed by atoms with E-state index in [-0.39, 0.29) is 17.0 Å². The molecule has 2 aliphatic rings. The molecule has 2 saturated heterocycles. The molecule has 162 valence electrons. The van der Waals surface area contributed by atoms with E-state index in [0.717, 1.165) is 62.6 Å². The monoisotopic (exact) mass is 451 g/mol. The van der Waals surface area contributed by atoms with Crippen LogP contribution in [0.25, 0.3) is 0 Å². The number of aromatic nitrogens is 1. The third-order valence-electron chi connectivity index (χ3n) is 6.10. The van der Waals surface area contributed by atoms with E-state index in [1.807, 2.05) is 10.3 Å². The van der Waals surface area contributed by atoms with E-state index in [2.05, 4.69) is 9.88 Å². The smallest absolute Gasteiger partial charge is 0.273 e. The molecule has 0 radical (unpaired) electrons. The number of benzene rings is 1. The maximum Gasteiger partial charge on any atom is 0.273 e. The summed E-state index contributed by atoms with van der Waals surface area (Å²) in [6.07, 6.45) is 7.15. The van der Waals surface area contributed by atoms with Gasteiger partial charge in [-0.1, -0.05) is 29.0 Å². The number of piperidine rings is 2. The van der Waals surface area contributed by atoms with Crippen LogP contribution in [0.2, 0.25) is 5.02 Å². The minimum Gasteiger partial charge on any atom is -0.467 e. The summed E-state index contributed by atoms with van der Waals surface area (Å²) < 4.78 is 19.2. The number of carbonyl (C=O) groups excluding carboxylic acids is 1. The minimum atomic E-state index is -0.424. The molecule has 4 rings (SSSR count). The third-order valence-corrected chi connectivity index (χ3v) is 7.05. The highest BCUT2D eigenvalue weighted by atomic mass is 35.5. The Kier molecular flexibility index (Phi) is 7.23. The molecule has 0 N–H and O–H groups in total. The van der Waals surface area contributed by atoms with Gasteiger partial charge in [0, 0.05) is 50.2 Å². The summed E-state index contributed by atoms with van der Waals surface area (Å²) in [5, 5.41) is 2.82. The second kappa shape index (κ2) is 10.1. The van der Waals surface area contributed by atoms with Crippen molar-refractivity contribution < 1.29 is 13.9 Å². The first-order valence-corrected chi connectivity index (χ1v) is 11.9. The number of nitrogens with zero attached hydrogens (tertiary/aromatic N) is 3. The first kappa shape index (κ1) is 21.5. The maximum atomic E-state index is 13.3. The molecule has 30 heavy (non-hydrogen) atoms. The molecule has 1 aromatic heterocycles. The highest BCUT2D eigenvalue weighted by Crippen LogP contribution is 2.25. The summed E-state index contributed by atoms with van der Waals surface area (Å²) in [4.78, 5) is 21.3. The molecular formula is C22H27ClFN3O2S. The van der Waals surface area contributed by atoms with E-state index in [9.17, 15) is 9.18 Å². The van der Waals surface area contributed by atoms with Gasteiger partial charge in [-0.15, -0.1) is 0 Å². The third kappa shape index (κ3) is 5.50. The van der Waals surface area contributed by atoms with Crippen molar-refractivity contribution >= 4 is 28.8 Å². The Morgan fingerprint density at radius 2 is 1.97 bits per heavy atom. The number of halogens is 2. The summed E-state index contributed by atoms with van der Waals surface area (Å²) in [5.74, 6) is -0.253. The fourth-order valence-electron chi connectivity index (χ4n) is 4.35. The van der Waals surface area contributed by atoms with Crippen LogP contribution >= 0.6 is 22.9 Å². The number of thiazole rings is 1. The zero-order chi connectivity index (χ0) is 20.9. The summed E-state index contributed by atoms with van der Waals surface area (Å²) in [7, 11) is 0. The fraction of sp³-hybridized carbons (Fsp3) is 0.545. The number of rotatable bonds is 6. The van der Waals surface area contributed by atoms with Crippen molar-refractivity contribution in [1.82, 2.24) is 14.8 Å². The van der Waals surface area contributed by atoms with Crippen LogP contribution in [0.15, 0.2) is 29.8 Å². The maximum absolute atomic E-state index is 13.3. The van der Waals surface area contributed by atoms with E-state index in [1.165, 1.54) is 6.07 Å². The lowest BCUT2D eigenvalue weighted by Crippen LogP contribution is -2.50. The van der Waals surface area contributed by atoms with Gasteiger partial charge in [0.05, 0.1) is 5.02 Å². The van der Waals surface area contributed by atoms with Crippen molar-refractivity contribution in [3.8, 4) is 5.19 Å². The predicted octanol–water partition coefficient (Wildman–Crippen LogP) is 4.40. The van der Waals surface area contributed by atoms with Gasteiger partial charge in [0.25, 0.3) is 5.19 Å². The second-order valence-electron chi connectivity index (χ2n) is 8.01. The predicted molar refractivity (Wildman–Crippen MR) is 117 cm³/mol. The molecule has 0 unspecified atom stereocenters. The molecular weight excluding hydrogens is 425 g/mol. The van der Waals surface area contributed by atoms with Gasteiger partial charge < -0.3 is 9.64 Å². The molecule has 3 heterocycles. The molecule has 2 aliphatic heterocycles. The lowest BCUT2D eigenvalue weighted by molar-refractivity contribution is -0.132. The van der Waals surface area contributed by atoms with Gasteiger partial charge in [0.1, 0.15) is 11.9 Å². The van der Waals surface area contributed by atoms with Crippen LogP contribution in [0, 0.1) is 5.82 Å². The normalized spacial score (nSPS) is 19.2. The van der Waals surface area contributed by atoms with Gasteiger partial charge in [-0.05, 0) is 49.8 Å². The fourth-order valence-corrected chi connectivity index (χ4v) is 5.11. The standard InChI is InChI=1S/C22H27ClFN3O2S/c23-19-15-16(1-3-20(19)24)2-4-21(28)27-10-5-17(6-11-27)26-12-7-18(8-13-26)29-22-25-9-14-30-22/h1,3,9,14-15,17-18H,2,4-8,10-13H2. The Bertz CT molecular complexity index is 835. The Morgan fingerprint density at radius 3 is 2.63 bits per heavy atom. The van der Waals surface area contributed by atoms with Gasteiger partial charge >= 0.3 is 0 Å². The van der Waals surface area contributed by atoms with Gasteiger partial charge in [-0.2, -0.15) is 0 Å². The largest absolute Gasteiger partial charge is 0.467 e. The number of aryl methyl sites for hydroxylation is 1. The Hall–Kier alpha value is -1.70. The van der Waals surface area contributed by atoms with Crippen molar-refractivity contribution in [2.75, 3.05) is 26.2 Å². The molecule has 0 bridgehead atoms. The number of ether oxygens (including phenoxy) is 1. The molecule has 1 amide bonds. The summed E-state index contributed by atoms with van der Waals surface area (Å²) in [5.41, 5.74) is 0.896. The molecule has 1 aromatic carbocycles. The number of carbonyl (C=O) groups is 1. The summed E-state index contributed by atoms with van der Waals surface area (Å²) in [6, 6.07) is 5.21. The SMILES string of the molecule is O=C(CCc1ccc(F)c(Cl)c1)N1CCC(N2CCC(Oc3nccs3)CC2)CC1. The van der Waals surface area contributed by atoms with Gasteiger partial charge in [-0.25, -0.2) is 9.37 Å². The van der Waals surface area contributed by atoms with Crippen molar-refractivity contribution in [3.63, 3.8) is 0 Å². The van der Waals surface area contributed by atoms with Crippen LogP contribution in [-0.2, 0) is 11.2 Å². The van der Waals surface area contributed by atoms with E-state index in [4.69, 9.17) is 16.3 Å². The second-order valence-corrected chi connectivity index (χ2v) is 9.28. The van der Waals surface area contributed by atoms with Crippen LogP contribution in [0.4, 0.5) is 4.39 Å². The zero-order valence-electron chi connectivity index (χ0n) is 16.9. The highest BCUT2D eigenvalue weighted by molar-refractivity contribution is 7.11. The van der Waals surface area contributed by atoms with Gasteiger partial charge in [-0.3, -0.25) is 9.69 Å². The average Bonchev–Trinajstić information content (AvgIpc) is 3.28. The first-order chi connectivity index (χ1) is 14.6. The average molecular weight is 452 g/mol. The molecule has 2 fully saturated rings. The lowest BCUT2D eigenvalue weighted by atomic mass is 9.98. The van der Waals surface area contributed by atoms with Crippen molar-refractivity contribution in [2.45, 2.75) is 50.7 Å². The topological polar surface area (TPSA) is 45.7 Å². The first-order valence-electron chi connectivity index (χ1n) is 10.6. The van der Waals surface area contributed by atoms with E-state index in [1.54, 1.807) is 29.7 Å². The number of likely N-dealkylation sites (tertiary alicyclic amines) is 2. The van der Waals surface area contributed by atoms with Gasteiger partial charge in [0.2, 0.25) is 5.91 Å². The van der Waals surface area contributed by atoms with Crippen LogP contribution in [0.3, 0.4) is 0 Å². The summed E-state index contributed by atoms with van der Waals surface area (Å²) >= 11 is 7.37. The van der Waals surface area contributed by atoms with Crippen molar-refractivity contribution in [3.05, 3.63) is 46.2 Å². The van der Waals surface area contributed by atoms with Gasteiger partial charge in [0.15, 0.2) is 0 Å².